The Morgan fingerprint density at radius 2 is 1.85 bits per heavy atom. The zero-order valence-corrected chi connectivity index (χ0v) is 19.7. The highest BCUT2D eigenvalue weighted by Crippen LogP contribution is 2.48. The molecule has 2 heterocycles. The van der Waals surface area contributed by atoms with Crippen LogP contribution < -0.4 is 0 Å². The van der Waals surface area contributed by atoms with Crippen LogP contribution in [0.1, 0.15) is 46.8 Å². The number of nitrogens with zero attached hydrogens (tertiary/aromatic N) is 2. The van der Waals surface area contributed by atoms with Gasteiger partial charge in [0.25, 0.3) is 5.91 Å². The van der Waals surface area contributed by atoms with Crippen molar-refractivity contribution in [2.45, 2.75) is 37.8 Å². The van der Waals surface area contributed by atoms with E-state index in [0.717, 1.165) is 0 Å². The van der Waals surface area contributed by atoms with Gasteiger partial charge in [-0.15, -0.1) is 0 Å². The number of fused-ring (bicyclic) bond motifs is 1. The van der Waals surface area contributed by atoms with Gasteiger partial charge in [0, 0.05) is 37.3 Å². The molecular formula is C22H24ClFN2O6S. The molecule has 0 aromatic heterocycles. The van der Waals surface area contributed by atoms with Crippen molar-refractivity contribution in [2.24, 2.45) is 0 Å². The molecule has 2 aromatic carbocycles. The van der Waals surface area contributed by atoms with E-state index in [1.807, 2.05) is 0 Å². The quantitative estimate of drug-likeness (QED) is 0.613. The van der Waals surface area contributed by atoms with Gasteiger partial charge in [-0.1, -0.05) is 31.5 Å². The number of sulfonamides is 1. The number of amides is 1. The minimum Gasteiger partial charge on any atom is -0.504 e. The van der Waals surface area contributed by atoms with Gasteiger partial charge in [0.05, 0.1) is 28.7 Å². The number of aromatic hydroxyl groups is 2. The number of carbonyl (C=O) groups excluding carboxylic acids is 1. The molecule has 1 saturated heterocycles. The summed E-state index contributed by atoms with van der Waals surface area (Å²) in [5.41, 5.74) is 0.501. The number of phenols is 2. The lowest BCUT2D eigenvalue weighted by Gasteiger charge is -2.29. The van der Waals surface area contributed by atoms with E-state index in [-0.39, 0.29) is 66.0 Å². The number of halogens is 2. The van der Waals surface area contributed by atoms with Crippen LogP contribution in [0.4, 0.5) is 4.39 Å². The van der Waals surface area contributed by atoms with Gasteiger partial charge in [0.2, 0.25) is 10.0 Å². The summed E-state index contributed by atoms with van der Waals surface area (Å²) in [6, 6.07) is 4.04. The lowest BCUT2D eigenvalue weighted by atomic mass is 9.95. The molecule has 0 saturated carbocycles. The fraction of sp³-hybridized carbons (Fsp3) is 0.409. The largest absolute Gasteiger partial charge is 0.504 e. The second kappa shape index (κ2) is 8.75. The number of morpholine rings is 1. The van der Waals surface area contributed by atoms with Gasteiger partial charge in [-0.3, -0.25) is 4.79 Å². The molecule has 8 nitrogen and oxygen atoms in total. The molecule has 4 rings (SSSR count). The number of hydrogen-bond acceptors (Lipinski definition) is 6. The van der Waals surface area contributed by atoms with Gasteiger partial charge in [-0.05, 0) is 23.6 Å². The first kappa shape index (κ1) is 23.7. The molecule has 178 valence electrons. The predicted molar refractivity (Wildman–Crippen MR) is 118 cm³/mol. The second-order valence-corrected chi connectivity index (χ2v) is 10.7. The smallest absolute Gasteiger partial charge is 0.258 e. The molecule has 0 unspecified atom stereocenters. The summed E-state index contributed by atoms with van der Waals surface area (Å²) in [5, 5.41) is 21.3. The van der Waals surface area contributed by atoms with E-state index in [1.165, 1.54) is 27.4 Å². The fourth-order valence-electron chi connectivity index (χ4n) is 4.31. The molecule has 33 heavy (non-hydrogen) atoms. The third-order valence-corrected chi connectivity index (χ3v) is 8.21. The molecule has 11 heteroatoms. The van der Waals surface area contributed by atoms with Crippen LogP contribution in [0.15, 0.2) is 23.1 Å². The SMILES string of the molecule is CC(C)c1c(O)c(O)c2c(c1S(=O)(=O)N1CCOCC1)CN(Cc1ccc(F)c(Cl)c1)C2=O. The maximum absolute atomic E-state index is 13.7. The van der Waals surface area contributed by atoms with Crippen molar-refractivity contribution in [1.82, 2.24) is 9.21 Å². The molecule has 0 radical (unpaired) electrons. The van der Waals surface area contributed by atoms with Crippen molar-refractivity contribution in [1.29, 1.82) is 0 Å². The van der Waals surface area contributed by atoms with E-state index in [1.54, 1.807) is 13.8 Å². The normalized spacial score (nSPS) is 17.1. The zero-order chi connectivity index (χ0) is 24.1. The number of carbonyl (C=O) groups is 1. The van der Waals surface area contributed by atoms with Gasteiger partial charge < -0.3 is 19.8 Å². The standard InChI is InChI=1S/C22H24ClFN2O6S/c1-12(2)17-19(27)20(28)18-14(21(17)33(30,31)26-5-7-32-8-6-26)11-25(22(18)29)10-13-3-4-16(24)15(23)9-13/h3-4,9,12,27-28H,5-8,10-11H2,1-2H3. The lowest BCUT2D eigenvalue weighted by Crippen LogP contribution is -2.41. The van der Waals surface area contributed by atoms with Crippen molar-refractivity contribution >= 4 is 27.5 Å². The molecule has 2 aliphatic rings. The number of rotatable bonds is 5. The van der Waals surface area contributed by atoms with Crippen LogP contribution in [0.5, 0.6) is 11.5 Å². The Hall–Kier alpha value is -2.40. The summed E-state index contributed by atoms with van der Waals surface area (Å²) >= 11 is 5.85. The fourth-order valence-corrected chi connectivity index (χ4v) is 6.49. The molecule has 1 amide bonds. The van der Waals surface area contributed by atoms with Crippen molar-refractivity contribution in [2.75, 3.05) is 26.3 Å². The van der Waals surface area contributed by atoms with E-state index >= 15 is 0 Å². The Morgan fingerprint density at radius 1 is 1.18 bits per heavy atom. The topological polar surface area (TPSA) is 107 Å². The molecule has 0 bridgehead atoms. The Bertz CT molecular complexity index is 1230. The van der Waals surface area contributed by atoms with Gasteiger partial charge >= 0.3 is 0 Å². The third-order valence-electron chi connectivity index (χ3n) is 5.89. The van der Waals surface area contributed by atoms with Crippen molar-refractivity contribution in [3.63, 3.8) is 0 Å². The molecule has 0 aliphatic carbocycles. The maximum atomic E-state index is 13.7. The highest BCUT2D eigenvalue weighted by Gasteiger charge is 2.42. The Balaban J connectivity index is 1.84. The third kappa shape index (κ3) is 4.05. The average Bonchev–Trinajstić information content (AvgIpc) is 3.09. The van der Waals surface area contributed by atoms with Crippen LogP contribution in [-0.2, 0) is 27.8 Å². The molecule has 0 spiro atoms. The molecule has 2 aliphatic heterocycles. The predicted octanol–water partition coefficient (Wildman–Crippen LogP) is 3.19. The lowest BCUT2D eigenvalue weighted by molar-refractivity contribution is 0.0729. The minimum atomic E-state index is -4.10. The van der Waals surface area contributed by atoms with Crippen LogP contribution >= 0.6 is 11.6 Å². The zero-order valence-electron chi connectivity index (χ0n) is 18.1. The highest BCUT2D eigenvalue weighted by molar-refractivity contribution is 7.89. The number of benzene rings is 2. The van der Waals surface area contributed by atoms with Crippen LogP contribution in [0.25, 0.3) is 0 Å². The van der Waals surface area contributed by atoms with Gasteiger partial charge in [0.1, 0.15) is 5.82 Å². The Kier molecular flexibility index (Phi) is 6.30. The second-order valence-electron chi connectivity index (χ2n) is 8.37. The minimum absolute atomic E-state index is 0.0156. The van der Waals surface area contributed by atoms with Crippen LogP contribution in [0.3, 0.4) is 0 Å². The summed E-state index contributed by atoms with van der Waals surface area (Å²) in [7, 11) is -4.10. The van der Waals surface area contributed by atoms with Crippen LogP contribution in [0.2, 0.25) is 5.02 Å². The monoisotopic (exact) mass is 498 g/mol. The van der Waals surface area contributed by atoms with Gasteiger partial charge in [0.15, 0.2) is 11.5 Å². The van der Waals surface area contributed by atoms with Gasteiger partial charge in [-0.2, -0.15) is 4.31 Å². The summed E-state index contributed by atoms with van der Waals surface area (Å²) in [6.07, 6.45) is 0. The van der Waals surface area contributed by atoms with E-state index in [4.69, 9.17) is 16.3 Å². The van der Waals surface area contributed by atoms with E-state index < -0.39 is 39.2 Å². The van der Waals surface area contributed by atoms with Crippen molar-refractivity contribution < 1.29 is 32.6 Å². The molecule has 1 fully saturated rings. The number of hydrogen-bond donors (Lipinski definition) is 2. The molecule has 0 atom stereocenters. The average molecular weight is 499 g/mol. The summed E-state index contributed by atoms with van der Waals surface area (Å²) < 4.78 is 47.4. The van der Waals surface area contributed by atoms with E-state index in [0.29, 0.717) is 5.56 Å². The summed E-state index contributed by atoms with van der Waals surface area (Å²) in [4.78, 5) is 14.4. The first-order chi connectivity index (χ1) is 15.5. The summed E-state index contributed by atoms with van der Waals surface area (Å²) in [5.74, 6) is -2.94. The van der Waals surface area contributed by atoms with E-state index in [2.05, 4.69) is 0 Å². The molecular weight excluding hydrogens is 475 g/mol. The van der Waals surface area contributed by atoms with Crippen LogP contribution in [-0.4, -0.2) is 60.0 Å². The van der Waals surface area contributed by atoms with E-state index in [9.17, 15) is 27.8 Å². The van der Waals surface area contributed by atoms with Crippen LogP contribution in [0, 0.1) is 5.82 Å². The summed E-state index contributed by atoms with van der Waals surface area (Å²) in [6.45, 7) is 4.07. The van der Waals surface area contributed by atoms with Crippen molar-refractivity contribution in [3.05, 3.63) is 51.3 Å². The Labute approximate surface area is 196 Å². The highest BCUT2D eigenvalue weighted by atomic mass is 35.5. The Morgan fingerprint density at radius 3 is 2.45 bits per heavy atom. The van der Waals surface area contributed by atoms with Crippen molar-refractivity contribution in [3.8, 4) is 11.5 Å². The number of phenolic OH excluding ortho intramolecular Hbond substituents is 2. The molecule has 2 N–H and O–H groups in total. The van der Waals surface area contributed by atoms with Gasteiger partial charge in [-0.25, -0.2) is 12.8 Å². The number of ether oxygens (including phenoxy) is 1. The first-order valence-corrected chi connectivity index (χ1v) is 12.3. The molecule has 2 aromatic rings. The first-order valence-electron chi connectivity index (χ1n) is 10.5. The maximum Gasteiger partial charge on any atom is 0.258 e.